The molecule has 1 aromatic rings. The molecule has 0 saturated heterocycles. The quantitative estimate of drug-likeness (QED) is 0.644. The lowest BCUT2D eigenvalue weighted by molar-refractivity contribution is 0.217. The second-order valence-corrected chi connectivity index (χ2v) is 6.16. The predicted octanol–water partition coefficient (Wildman–Crippen LogP) is 5.30. The average Bonchev–Trinajstić information content (AvgIpc) is 2.43. The van der Waals surface area contributed by atoms with E-state index < -0.39 is 0 Å². The van der Waals surface area contributed by atoms with E-state index in [1.165, 1.54) is 0 Å². The maximum Gasteiger partial charge on any atom is 0.162 e. The fourth-order valence-electron chi connectivity index (χ4n) is 1.41. The summed E-state index contributed by atoms with van der Waals surface area (Å²) >= 11 is 3.48. The number of halogens is 1. The zero-order valence-electron chi connectivity index (χ0n) is 12.4. The van der Waals surface area contributed by atoms with E-state index >= 15 is 0 Å². The standard InChI is InChI=1S/C16H25BrO2/c1-5-12(3)10-18-15-8-7-14(17)9-16(15)19-11-13(4)6-2/h7-9,12-13H,5-6,10-11H2,1-4H3. The van der Waals surface area contributed by atoms with Crippen LogP contribution < -0.4 is 9.47 Å². The molecule has 2 nitrogen and oxygen atoms in total. The van der Waals surface area contributed by atoms with Gasteiger partial charge in [-0.2, -0.15) is 0 Å². The van der Waals surface area contributed by atoms with Crippen molar-refractivity contribution < 1.29 is 9.47 Å². The second kappa shape index (κ2) is 8.47. The van der Waals surface area contributed by atoms with Crippen molar-refractivity contribution >= 4 is 15.9 Å². The van der Waals surface area contributed by atoms with Crippen LogP contribution in [-0.4, -0.2) is 13.2 Å². The number of ether oxygens (including phenoxy) is 2. The maximum atomic E-state index is 5.88. The van der Waals surface area contributed by atoms with Crippen molar-refractivity contribution in [3.05, 3.63) is 22.7 Å². The first-order chi connectivity index (χ1) is 9.06. The van der Waals surface area contributed by atoms with E-state index in [0.29, 0.717) is 11.8 Å². The predicted molar refractivity (Wildman–Crippen MR) is 84.0 cm³/mol. The SMILES string of the molecule is CCC(C)COc1ccc(Br)cc1OCC(C)CC. The minimum atomic E-state index is 0.557. The summed E-state index contributed by atoms with van der Waals surface area (Å²) in [5.41, 5.74) is 0. The Labute approximate surface area is 125 Å². The second-order valence-electron chi connectivity index (χ2n) is 5.24. The van der Waals surface area contributed by atoms with Crippen molar-refractivity contribution in [1.82, 2.24) is 0 Å². The molecular weight excluding hydrogens is 304 g/mol. The molecule has 0 radical (unpaired) electrons. The molecule has 19 heavy (non-hydrogen) atoms. The highest BCUT2D eigenvalue weighted by Crippen LogP contribution is 2.31. The molecule has 1 rings (SSSR count). The van der Waals surface area contributed by atoms with Crippen LogP contribution >= 0.6 is 15.9 Å². The molecule has 2 atom stereocenters. The Morgan fingerprint density at radius 2 is 1.47 bits per heavy atom. The smallest absolute Gasteiger partial charge is 0.162 e. The van der Waals surface area contributed by atoms with Gasteiger partial charge in [0, 0.05) is 4.47 Å². The van der Waals surface area contributed by atoms with Crippen molar-refractivity contribution in [1.29, 1.82) is 0 Å². The molecule has 0 bridgehead atoms. The highest BCUT2D eigenvalue weighted by atomic mass is 79.9. The molecule has 0 aliphatic heterocycles. The van der Waals surface area contributed by atoms with Gasteiger partial charge in [0.25, 0.3) is 0 Å². The molecule has 0 aromatic heterocycles. The van der Waals surface area contributed by atoms with Gasteiger partial charge in [0.05, 0.1) is 13.2 Å². The third-order valence-electron chi connectivity index (χ3n) is 3.35. The van der Waals surface area contributed by atoms with E-state index in [1.54, 1.807) is 0 Å². The van der Waals surface area contributed by atoms with Crippen LogP contribution in [-0.2, 0) is 0 Å². The van der Waals surface area contributed by atoms with Crippen molar-refractivity contribution in [2.45, 2.75) is 40.5 Å². The van der Waals surface area contributed by atoms with Crippen molar-refractivity contribution in [2.75, 3.05) is 13.2 Å². The first-order valence-corrected chi connectivity index (χ1v) is 7.91. The third kappa shape index (κ3) is 5.85. The maximum absolute atomic E-state index is 5.88. The van der Waals surface area contributed by atoms with Crippen LogP contribution in [0, 0.1) is 11.8 Å². The van der Waals surface area contributed by atoms with Gasteiger partial charge in [0.2, 0.25) is 0 Å². The minimum Gasteiger partial charge on any atom is -0.489 e. The van der Waals surface area contributed by atoms with Crippen LogP contribution in [0.2, 0.25) is 0 Å². The fraction of sp³-hybridized carbons (Fsp3) is 0.625. The molecule has 0 amide bonds. The van der Waals surface area contributed by atoms with Gasteiger partial charge >= 0.3 is 0 Å². The Balaban J connectivity index is 2.68. The molecule has 1 aromatic carbocycles. The van der Waals surface area contributed by atoms with E-state index in [0.717, 1.165) is 42.0 Å². The highest BCUT2D eigenvalue weighted by molar-refractivity contribution is 9.10. The highest BCUT2D eigenvalue weighted by Gasteiger charge is 2.09. The Kier molecular flexibility index (Phi) is 7.29. The van der Waals surface area contributed by atoms with Gasteiger partial charge in [-0.15, -0.1) is 0 Å². The van der Waals surface area contributed by atoms with Crippen LogP contribution in [0.1, 0.15) is 40.5 Å². The van der Waals surface area contributed by atoms with Gasteiger partial charge in [-0.1, -0.05) is 56.5 Å². The van der Waals surface area contributed by atoms with Crippen molar-refractivity contribution in [3.63, 3.8) is 0 Å². The summed E-state index contributed by atoms with van der Waals surface area (Å²) in [5.74, 6) is 2.79. The molecule has 0 heterocycles. The molecule has 0 fully saturated rings. The number of benzene rings is 1. The normalized spacial score (nSPS) is 13.9. The van der Waals surface area contributed by atoms with Gasteiger partial charge in [-0.3, -0.25) is 0 Å². The zero-order chi connectivity index (χ0) is 14.3. The molecule has 108 valence electrons. The number of hydrogen-bond donors (Lipinski definition) is 0. The molecule has 0 aliphatic rings. The molecule has 0 spiro atoms. The van der Waals surface area contributed by atoms with E-state index in [1.807, 2.05) is 18.2 Å². The Morgan fingerprint density at radius 3 is 2.00 bits per heavy atom. The van der Waals surface area contributed by atoms with E-state index in [9.17, 15) is 0 Å². The number of hydrogen-bond acceptors (Lipinski definition) is 2. The van der Waals surface area contributed by atoms with Crippen LogP contribution in [0.4, 0.5) is 0 Å². The molecule has 3 heteroatoms. The lowest BCUT2D eigenvalue weighted by Gasteiger charge is -2.17. The van der Waals surface area contributed by atoms with Gasteiger partial charge < -0.3 is 9.47 Å². The molecule has 0 aliphatic carbocycles. The lowest BCUT2D eigenvalue weighted by atomic mass is 10.1. The third-order valence-corrected chi connectivity index (χ3v) is 3.84. The largest absolute Gasteiger partial charge is 0.489 e. The van der Waals surface area contributed by atoms with Gasteiger partial charge in [0.15, 0.2) is 11.5 Å². The Bertz CT molecular complexity index is 379. The molecular formula is C16H25BrO2. The van der Waals surface area contributed by atoms with Crippen LogP contribution in [0.25, 0.3) is 0 Å². The minimum absolute atomic E-state index is 0.557. The lowest BCUT2D eigenvalue weighted by Crippen LogP contribution is -2.11. The fourth-order valence-corrected chi connectivity index (χ4v) is 1.75. The molecule has 0 saturated carbocycles. The zero-order valence-corrected chi connectivity index (χ0v) is 14.0. The summed E-state index contributed by atoms with van der Waals surface area (Å²) in [6.07, 6.45) is 2.25. The Morgan fingerprint density at radius 1 is 0.947 bits per heavy atom. The summed E-state index contributed by atoms with van der Waals surface area (Å²) in [7, 11) is 0. The first kappa shape index (κ1) is 16.4. The summed E-state index contributed by atoms with van der Waals surface area (Å²) in [4.78, 5) is 0. The molecule has 0 N–H and O–H groups in total. The van der Waals surface area contributed by atoms with E-state index in [4.69, 9.17) is 9.47 Å². The number of rotatable bonds is 8. The van der Waals surface area contributed by atoms with Crippen molar-refractivity contribution in [2.24, 2.45) is 11.8 Å². The van der Waals surface area contributed by atoms with E-state index in [-0.39, 0.29) is 0 Å². The van der Waals surface area contributed by atoms with Crippen LogP contribution in [0.5, 0.6) is 11.5 Å². The Hall–Kier alpha value is -0.700. The van der Waals surface area contributed by atoms with Crippen LogP contribution in [0.3, 0.4) is 0 Å². The van der Waals surface area contributed by atoms with Crippen molar-refractivity contribution in [3.8, 4) is 11.5 Å². The summed E-state index contributed by atoms with van der Waals surface area (Å²) in [6, 6.07) is 5.94. The van der Waals surface area contributed by atoms with Gasteiger partial charge in [0.1, 0.15) is 0 Å². The monoisotopic (exact) mass is 328 g/mol. The van der Waals surface area contributed by atoms with Gasteiger partial charge in [-0.25, -0.2) is 0 Å². The average molecular weight is 329 g/mol. The topological polar surface area (TPSA) is 18.5 Å². The first-order valence-electron chi connectivity index (χ1n) is 7.11. The summed E-state index contributed by atoms with van der Waals surface area (Å²) in [5, 5.41) is 0. The molecule has 2 unspecified atom stereocenters. The van der Waals surface area contributed by atoms with E-state index in [2.05, 4.69) is 43.6 Å². The summed E-state index contributed by atoms with van der Waals surface area (Å²) < 4.78 is 12.8. The van der Waals surface area contributed by atoms with Crippen LogP contribution in [0.15, 0.2) is 22.7 Å². The summed E-state index contributed by atoms with van der Waals surface area (Å²) in [6.45, 7) is 10.2. The van der Waals surface area contributed by atoms with Gasteiger partial charge in [-0.05, 0) is 30.0 Å².